The van der Waals surface area contributed by atoms with Crippen LogP contribution in [-0.2, 0) is 14.4 Å². The van der Waals surface area contributed by atoms with Gasteiger partial charge in [-0.15, -0.1) is 0 Å². The highest BCUT2D eigenvalue weighted by atomic mass is 16.5. The minimum Gasteiger partial charge on any atom is -0.480 e. The van der Waals surface area contributed by atoms with Crippen molar-refractivity contribution in [3.8, 4) is 0 Å². The molecule has 4 N–H and O–H groups in total. The van der Waals surface area contributed by atoms with Crippen LogP contribution in [0.25, 0.3) is 0 Å². The van der Waals surface area contributed by atoms with Crippen LogP contribution in [0, 0.1) is 0 Å². The average Bonchev–Trinajstić information content (AvgIpc) is 2.70. The summed E-state index contributed by atoms with van der Waals surface area (Å²) >= 11 is 0. The minimum absolute atomic E-state index is 0.323. The number of nitrogens with two attached hydrogens (primary N) is 1. The maximum atomic E-state index is 12.0. The summed E-state index contributed by atoms with van der Waals surface area (Å²) in [5.74, 6) is -2.79. The van der Waals surface area contributed by atoms with Crippen LogP contribution in [0.1, 0.15) is 19.8 Å². The Bertz CT molecular complexity index is 357. The molecule has 2 amide bonds. The SMILES string of the molecule is CC(N)C(=O)N(CC(=O)O)C(=O)C1CCCN1O. The van der Waals surface area contributed by atoms with E-state index in [0.717, 1.165) is 5.06 Å². The highest BCUT2D eigenvalue weighted by Gasteiger charge is 2.37. The normalized spacial score (nSPS) is 21.6. The van der Waals surface area contributed by atoms with Gasteiger partial charge in [0.25, 0.3) is 0 Å². The molecule has 1 rings (SSSR count). The second-order valence-electron chi connectivity index (χ2n) is 4.27. The quantitative estimate of drug-likeness (QED) is 0.568. The van der Waals surface area contributed by atoms with Crippen molar-refractivity contribution in [3.05, 3.63) is 0 Å². The zero-order chi connectivity index (χ0) is 13.9. The van der Waals surface area contributed by atoms with Crippen LogP contribution in [0.2, 0.25) is 0 Å². The fourth-order valence-corrected chi connectivity index (χ4v) is 1.83. The molecule has 0 aromatic heterocycles. The molecule has 0 aromatic rings. The second kappa shape index (κ2) is 5.89. The molecule has 0 radical (unpaired) electrons. The Morgan fingerprint density at radius 3 is 2.50 bits per heavy atom. The van der Waals surface area contributed by atoms with E-state index in [-0.39, 0.29) is 0 Å². The van der Waals surface area contributed by atoms with Crippen molar-refractivity contribution in [1.82, 2.24) is 9.96 Å². The first kappa shape index (κ1) is 14.6. The van der Waals surface area contributed by atoms with Gasteiger partial charge in [0, 0.05) is 6.54 Å². The lowest BCUT2D eigenvalue weighted by molar-refractivity contribution is -0.164. The lowest BCUT2D eigenvalue weighted by Gasteiger charge is -2.26. The fraction of sp³-hybridized carbons (Fsp3) is 0.700. The van der Waals surface area contributed by atoms with Gasteiger partial charge in [-0.25, -0.2) is 0 Å². The van der Waals surface area contributed by atoms with E-state index in [0.29, 0.717) is 24.3 Å². The average molecular weight is 259 g/mol. The van der Waals surface area contributed by atoms with Crippen LogP contribution in [0.15, 0.2) is 0 Å². The van der Waals surface area contributed by atoms with Crippen LogP contribution in [0.5, 0.6) is 0 Å². The van der Waals surface area contributed by atoms with E-state index >= 15 is 0 Å². The Kier molecular flexibility index (Phi) is 4.76. The molecule has 0 aliphatic carbocycles. The van der Waals surface area contributed by atoms with E-state index in [2.05, 4.69) is 0 Å². The first-order valence-electron chi connectivity index (χ1n) is 5.62. The third kappa shape index (κ3) is 3.25. The molecule has 0 bridgehead atoms. The topological polar surface area (TPSA) is 124 Å². The van der Waals surface area contributed by atoms with E-state index in [4.69, 9.17) is 10.8 Å². The maximum Gasteiger partial charge on any atom is 0.323 e. The number of aliphatic carboxylic acids is 1. The number of amides is 2. The molecule has 1 aliphatic heterocycles. The maximum absolute atomic E-state index is 12.0. The van der Waals surface area contributed by atoms with Gasteiger partial charge < -0.3 is 16.0 Å². The first-order chi connectivity index (χ1) is 8.34. The molecule has 1 saturated heterocycles. The number of nitrogens with zero attached hydrogens (tertiary/aromatic N) is 2. The number of rotatable bonds is 4. The fourth-order valence-electron chi connectivity index (χ4n) is 1.83. The summed E-state index contributed by atoms with van der Waals surface area (Å²) in [6.07, 6.45) is 0.998. The predicted molar refractivity (Wildman–Crippen MR) is 59.5 cm³/mol. The largest absolute Gasteiger partial charge is 0.480 e. The molecule has 0 aromatic carbocycles. The Hall–Kier alpha value is -1.51. The molecule has 2 unspecified atom stereocenters. The number of carboxylic acid groups (broad SMARTS) is 1. The van der Waals surface area contributed by atoms with Crippen molar-refractivity contribution in [2.75, 3.05) is 13.1 Å². The molecule has 1 aliphatic rings. The van der Waals surface area contributed by atoms with Gasteiger partial charge in [-0.3, -0.25) is 19.3 Å². The Morgan fingerprint density at radius 1 is 1.50 bits per heavy atom. The monoisotopic (exact) mass is 259 g/mol. The van der Waals surface area contributed by atoms with E-state index in [1.165, 1.54) is 6.92 Å². The molecule has 2 atom stereocenters. The zero-order valence-electron chi connectivity index (χ0n) is 10.1. The van der Waals surface area contributed by atoms with Gasteiger partial charge in [-0.2, -0.15) is 5.06 Å². The number of hydrogen-bond donors (Lipinski definition) is 3. The Balaban J connectivity index is 2.85. The van der Waals surface area contributed by atoms with Gasteiger partial charge in [0.15, 0.2) is 0 Å². The van der Waals surface area contributed by atoms with Crippen molar-refractivity contribution in [3.63, 3.8) is 0 Å². The van der Waals surface area contributed by atoms with E-state index in [9.17, 15) is 19.6 Å². The highest BCUT2D eigenvalue weighted by Crippen LogP contribution is 2.17. The minimum atomic E-state index is -1.31. The van der Waals surface area contributed by atoms with E-state index in [1.54, 1.807) is 0 Å². The van der Waals surface area contributed by atoms with Gasteiger partial charge in [0.05, 0.1) is 6.04 Å². The van der Waals surface area contributed by atoms with Crippen LogP contribution < -0.4 is 5.73 Å². The molecule has 8 nitrogen and oxygen atoms in total. The van der Waals surface area contributed by atoms with Crippen molar-refractivity contribution >= 4 is 17.8 Å². The Morgan fingerprint density at radius 2 is 2.11 bits per heavy atom. The molecule has 1 fully saturated rings. The van der Waals surface area contributed by atoms with Crippen molar-refractivity contribution in [2.24, 2.45) is 5.73 Å². The summed E-state index contributed by atoms with van der Waals surface area (Å²) in [4.78, 5) is 35.0. The number of hydroxylamine groups is 2. The smallest absolute Gasteiger partial charge is 0.323 e. The molecule has 102 valence electrons. The summed E-state index contributed by atoms with van der Waals surface area (Å²) < 4.78 is 0. The number of carbonyl (C=O) groups excluding carboxylic acids is 2. The third-order valence-corrected chi connectivity index (χ3v) is 2.72. The van der Waals surface area contributed by atoms with Gasteiger partial charge in [0.2, 0.25) is 11.8 Å². The first-order valence-corrected chi connectivity index (χ1v) is 5.62. The van der Waals surface area contributed by atoms with Crippen LogP contribution >= 0.6 is 0 Å². The molecule has 18 heavy (non-hydrogen) atoms. The number of imide groups is 1. The molecule has 8 heteroatoms. The molecule has 0 spiro atoms. The zero-order valence-corrected chi connectivity index (χ0v) is 10.1. The van der Waals surface area contributed by atoms with Gasteiger partial charge >= 0.3 is 5.97 Å². The summed E-state index contributed by atoms with van der Waals surface area (Å²) in [5, 5.41) is 19.0. The Labute approximate surface area is 104 Å². The summed E-state index contributed by atoms with van der Waals surface area (Å²) in [7, 11) is 0. The van der Waals surface area contributed by atoms with Crippen molar-refractivity contribution in [1.29, 1.82) is 0 Å². The van der Waals surface area contributed by atoms with Crippen molar-refractivity contribution < 1.29 is 24.7 Å². The highest BCUT2D eigenvalue weighted by molar-refractivity contribution is 6.02. The molecular weight excluding hydrogens is 242 g/mol. The van der Waals surface area contributed by atoms with Crippen LogP contribution in [-0.4, -0.2) is 63.2 Å². The number of carbonyl (C=O) groups is 3. The van der Waals surface area contributed by atoms with Crippen LogP contribution in [0.3, 0.4) is 0 Å². The van der Waals surface area contributed by atoms with Gasteiger partial charge in [0.1, 0.15) is 12.6 Å². The lowest BCUT2D eigenvalue weighted by atomic mass is 10.2. The number of hydrogen-bond acceptors (Lipinski definition) is 6. The van der Waals surface area contributed by atoms with E-state index < -0.39 is 36.4 Å². The summed E-state index contributed by atoms with van der Waals surface area (Å²) in [6.45, 7) is 0.947. The van der Waals surface area contributed by atoms with Gasteiger partial charge in [-0.05, 0) is 19.8 Å². The van der Waals surface area contributed by atoms with Gasteiger partial charge in [-0.1, -0.05) is 0 Å². The summed E-state index contributed by atoms with van der Waals surface area (Å²) in [5.41, 5.74) is 5.37. The van der Waals surface area contributed by atoms with Crippen LogP contribution in [0.4, 0.5) is 0 Å². The molecule has 1 heterocycles. The third-order valence-electron chi connectivity index (χ3n) is 2.72. The number of carboxylic acids is 1. The second-order valence-corrected chi connectivity index (χ2v) is 4.27. The summed E-state index contributed by atoms with van der Waals surface area (Å²) in [6, 6.07) is -1.84. The predicted octanol–water partition coefficient (Wildman–Crippen LogP) is -1.37. The lowest BCUT2D eigenvalue weighted by Crippen LogP contribution is -2.53. The van der Waals surface area contributed by atoms with E-state index in [1.807, 2.05) is 0 Å². The standard InChI is InChI=1S/C10H17N3O5/c1-6(11)9(16)12(5-8(14)15)10(17)7-3-2-4-13(7)18/h6-7,18H,2-5,11H2,1H3,(H,14,15). The molecule has 0 saturated carbocycles. The van der Waals surface area contributed by atoms with Crippen molar-refractivity contribution in [2.45, 2.75) is 31.8 Å². The molecular formula is C10H17N3O5.